The summed E-state index contributed by atoms with van der Waals surface area (Å²) >= 11 is 0. The van der Waals surface area contributed by atoms with Crippen LogP contribution in [0.2, 0.25) is 0 Å². The number of carboxylic acids is 1. The van der Waals surface area contributed by atoms with Gasteiger partial charge in [0.2, 0.25) is 5.91 Å². The monoisotopic (exact) mass is 301 g/mol. The summed E-state index contributed by atoms with van der Waals surface area (Å²) in [6, 6.07) is 8.01. The van der Waals surface area contributed by atoms with Crippen molar-refractivity contribution >= 4 is 11.9 Å². The molecule has 0 saturated carbocycles. The van der Waals surface area contributed by atoms with Gasteiger partial charge in [-0.15, -0.1) is 0 Å². The van der Waals surface area contributed by atoms with Crippen LogP contribution in [-0.4, -0.2) is 36.6 Å². The molecule has 116 valence electrons. The highest BCUT2D eigenvalue weighted by atomic mass is 19.3. The van der Waals surface area contributed by atoms with Crippen molar-refractivity contribution in [3.8, 4) is 0 Å². The van der Waals surface area contributed by atoms with E-state index >= 15 is 0 Å². The van der Waals surface area contributed by atoms with Crippen LogP contribution in [0.5, 0.6) is 0 Å². The van der Waals surface area contributed by atoms with Gasteiger partial charge in [0.1, 0.15) is 6.61 Å². The van der Waals surface area contributed by atoms with Gasteiger partial charge in [-0.1, -0.05) is 30.3 Å². The lowest BCUT2D eigenvalue weighted by atomic mass is 10.0. The number of carboxylic acid groups (broad SMARTS) is 1. The summed E-state index contributed by atoms with van der Waals surface area (Å²) in [5, 5.41) is 11.4. The van der Waals surface area contributed by atoms with Crippen LogP contribution in [0.1, 0.15) is 24.4 Å². The van der Waals surface area contributed by atoms with Gasteiger partial charge in [-0.3, -0.25) is 9.59 Å². The third-order valence-corrected chi connectivity index (χ3v) is 2.63. The van der Waals surface area contributed by atoms with Crippen molar-refractivity contribution in [2.45, 2.75) is 25.3 Å². The number of carbonyl (C=O) groups excluding carboxylic acids is 1. The first-order chi connectivity index (χ1) is 9.99. The summed E-state index contributed by atoms with van der Waals surface area (Å²) in [4.78, 5) is 22.5. The molecule has 1 unspecified atom stereocenters. The van der Waals surface area contributed by atoms with Crippen LogP contribution in [0.15, 0.2) is 30.3 Å². The third kappa shape index (κ3) is 7.36. The van der Waals surface area contributed by atoms with Gasteiger partial charge in [0.25, 0.3) is 6.43 Å². The minimum absolute atomic E-state index is 0.102. The van der Waals surface area contributed by atoms with E-state index < -0.39 is 31.0 Å². The molecule has 0 bridgehead atoms. The fourth-order valence-corrected chi connectivity index (χ4v) is 1.72. The van der Waals surface area contributed by atoms with E-state index in [0.717, 1.165) is 0 Å². The van der Waals surface area contributed by atoms with Gasteiger partial charge in [0.05, 0.1) is 19.1 Å². The van der Waals surface area contributed by atoms with Crippen molar-refractivity contribution < 1.29 is 28.2 Å². The van der Waals surface area contributed by atoms with Crippen molar-refractivity contribution in [2.24, 2.45) is 0 Å². The normalized spacial score (nSPS) is 12.1. The SMILES string of the molecule is O=C(O)CC(NC(=O)CCOCC(F)F)c1ccccc1. The lowest BCUT2D eigenvalue weighted by molar-refractivity contribution is -0.137. The molecular formula is C14H17F2NO4. The Hall–Kier alpha value is -2.02. The van der Waals surface area contributed by atoms with E-state index in [2.05, 4.69) is 10.1 Å². The number of nitrogens with one attached hydrogen (secondary N) is 1. The van der Waals surface area contributed by atoms with Crippen LogP contribution in [0.3, 0.4) is 0 Å². The first kappa shape index (κ1) is 17.0. The summed E-state index contributed by atoms with van der Waals surface area (Å²) in [7, 11) is 0. The minimum atomic E-state index is -2.57. The first-order valence-corrected chi connectivity index (χ1v) is 6.41. The average molecular weight is 301 g/mol. The van der Waals surface area contributed by atoms with Crippen LogP contribution in [0, 0.1) is 0 Å². The van der Waals surface area contributed by atoms with Crippen LogP contribution in [0.25, 0.3) is 0 Å². The number of rotatable bonds is 9. The zero-order valence-corrected chi connectivity index (χ0v) is 11.3. The number of aliphatic carboxylic acids is 1. The highest BCUT2D eigenvalue weighted by Crippen LogP contribution is 2.16. The quantitative estimate of drug-likeness (QED) is 0.684. The molecule has 7 heteroatoms. The third-order valence-electron chi connectivity index (χ3n) is 2.63. The highest BCUT2D eigenvalue weighted by molar-refractivity contribution is 5.77. The molecule has 2 N–H and O–H groups in total. The fourth-order valence-electron chi connectivity index (χ4n) is 1.72. The van der Waals surface area contributed by atoms with Crippen LogP contribution in [-0.2, 0) is 14.3 Å². The number of amides is 1. The Balaban J connectivity index is 2.49. The Bertz CT molecular complexity index is 454. The van der Waals surface area contributed by atoms with E-state index in [9.17, 15) is 18.4 Å². The second kappa shape index (κ2) is 9.02. The molecule has 21 heavy (non-hydrogen) atoms. The topological polar surface area (TPSA) is 75.6 Å². The van der Waals surface area contributed by atoms with Gasteiger partial charge in [-0.2, -0.15) is 0 Å². The van der Waals surface area contributed by atoms with E-state index in [1.54, 1.807) is 30.3 Å². The molecule has 0 aliphatic heterocycles. The standard InChI is InChI=1S/C14H17F2NO4/c15-12(16)9-21-7-6-13(18)17-11(8-14(19)20)10-4-2-1-3-5-10/h1-5,11-12H,6-9H2,(H,17,18)(H,19,20). The van der Waals surface area contributed by atoms with Gasteiger partial charge in [0, 0.05) is 6.42 Å². The summed E-state index contributed by atoms with van der Waals surface area (Å²) in [6.45, 7) is -0.852. The predicted octanol–water partition coefficient (Wildman–Crippen LogP) is 1.99. The lowest BCUT2D eigenvalue weighted by Gasteiger charge is -2.17. The van der Waals surface area contributed by atoms with E-state index in [1.807, 2.05) is 0 Å². The van der Waals surface area contributed by atoms with Gasteiger partial charge in [0.15, 0.2) is 0 Å². The zero-order chi connectivity index (χ0) is 15.7. The van der Waals surface area contributed by atoms with Gasteiger partial charge >= 0.3 is 5.97 Å². The van der Waals surface area contributed by atoms with Gasteiger partial charge in [-0.25, -0.2) is 8.78 Å². The molecule has 0 saturated heterocycles. The molecule has 0 spiro atoms. The van der Waals surface area contributed by atoms with Gasteiger partial charge in [-0.05, 0) is 5.56 Å². The number of ether oxygens (including phenoxy) is 1. The Morgan fingerprint density at radius 2 is 1.90 bits per heavy atom. The van der Waals surface area contributed by atoms with Crippen molar-refractivity contribution in [1.29, 1.82) is 0 Å². The molecule has 0 aliphatic rings. The molecular weight excluding hydrogens is 284 g/mol. The minimum Gasteiger partial charge on any atom is -0.481 e. The first-order valence-electron chi connectivity index (χ1n) is 6.41. The smallest absolute Gasteiger partial charge is 0.305 e. The molecule has 0 radical (unpaired) electrons. The molecule has 1 rings (SSSR count). The second-order valence-electron chi connectivity index (χ2n) is 4.34. The van der Waals surface area contributed by atoms with Crippen LogP contribution < -0.4 is 5.32 Å². The molecule has 0 heterocycles. The molecule has 0 aromatic heterocycles. The summed E-state index contributed by atoms with van der Waals surface area (Å²) in [5.74, 6) is -1.49. The highest BCUT2D eigenvalue weighted by Gasteiger charge is 2.17. The molecule has 1 aromatic carbocycles. The number of benzene rings is 1. The zero-order valence-electron chi connectivity index (χ0n) is 11.3. The molecule has 5 nitrogen and oxygen atoms in total. The van der Waals surface area contributed by atoms with Crippen molar-refractivity contribution in [3.63, 3.8) is 0 Å². The predicted molar refractivity (Wildman–Crippen MR) is 71.0 cm³/mol. The van der Waals surface area contributed by atoms with Gasteiger partial charge < -0.3 is 15.2 Å². The lowest BCUT2D eigenvalue weighted by Crippen LogP contribution is -2.31. The molecule has 0 fully saturated rings. The maximum atomic E-state index is 11.8. The second-order valence-corrected chi connectivity index (χ2v) is 4.34. The van der Waals surface area contributed by atoms with E-state index in [-0.39, 0.29) is 19.4 Å². The number of halogens is 2. The van der Waals surface area contributed by atoms with Crippen molar-refractivity contribution in [3.05, 3.63) is 35.9 Å². The summed E-state index contributed by atoms with van der Waals surface area (Å²) in [5.41, 5.74) is 0.668. The molecule has 1 atom stereocenters. The number of alkyl halides is 2. The van der Waals surface area contributed by atoms with E-state index in [1.165, 1.54) is 0 Å². The molecule has 1 amide bonds. The van der Waals surface area contributed by atoms with Crippen molar-refractivity contribution in [2.75, 3.05) is 13.2 Å². The Morgan fingerprint density at radius 3 is 2.48 bits per heavy atom. The Labute approximate surface area is 120 Å². The number of hydrogen-bond acceptors (Lipinski definition) is 3. The van der Waals surface area contributed by atoms with E-state index in [0.29, 0.717) is 5.56 Å². The maximum absolute atomic E-state index is 11.8. The Morgan fingerprint density at radius 1 is 1.24 bits per heavy atom. The van der Waals surface area contributed by atoms with Crippen LogP contribution >= 0.6 is 0 Å². The summed E-state index contributed by atoms with van der Waals surface area (Å²) in [6.07, 6.45) is -2.93. The number of carbonyl (C=O) groups is 2. The Kier molecular flexibility index (Phi) is 7.31. The summed E-state index contributed by atoms with van der Waals surface area (Å²) < 4.78 is 28.3. The van der Waals surface area contributed by atoms with Crippen molar-refractivity contribution in [1.82, 2.24) is 5.32 Å². The van der Waals surface area contributed by atoms with Crippen LogP contribution in [0.4, 0.5) is 8.78 Å². The average Bonchev–Trinajstić information content (AvgIpc) is 2.43. The van der Waals surface area contributed by atoms with E-state index in [4.69, 9.17) is 5.11 Å². The maximum Gasteiger partial charge on any atom is 0.305 e. The number of hydrogen-bond donors (Lipinski definition) is 2. The largest absolute Gasteiger partial charge is 0.481 e. The molecule has 0 aliphatic carbocycles. The fraction of sp³-hybridized carbons (Fsp3) is 0.429. The molecule has 1 aromatic rings.